The molecule has 32 heavy (non-hydrogen) atoms. The van der Waals surface area contributed by atoms with Crippen LogP contribution in [-0.4, -0.2) is 76.4 Å². The molecule has 0 aromatic heterocycles. The lowest BCUT2D eigenvalue weighted by Gasteiger charge is -2.31. The number of aliphatic carboxylic acids is 1. The van der Waals surface area contributed by atoms with Crippen molar-refractivity contribution in [3.8, 4) is 0 Å². The fourth-order valence-electron chi connectivity index (χ4n) is 3.78. The number of carbonyl (C=O) groups excluding carboxylic acids is 3. The Morgan fingerprint density at radius 1 is 1.16 bits per heavy atom. The van der Waals surface area contributed by atoms with E-state index in [4.69, 9.17) is 5.73 Å². The largest absolute Gasteiger partial charge is 0.480 e. The van der Waals surface area contributed by atoms with E-state index in [0.717, 1.165) is 5.75 Å². The number of nitrogens with one attached hydrogen (secondary N) is 2. The molecule has 0 saturated carbocycles. The highest BCUT2D eigenvalue weighted by atomic mass is 32.2. The van der Waals surface area contributed by atoms with E-state index in [9.17, 15) is 24.3 Å². The van der Waals surface area contributed by atoms with Gasteiger partial charge in [-0.25, -0.2) is 4.79 Å². The lowest BCUT2D eigenvalue weighted by molar-refractivity contribution is -0.149. The molecule has 5 atom stereocenters. The zero-order valence-electron chi connectivity index (χ0n) is 19.9. The summed E-state index contributed by atoms with van der Waals surface area (Å²) in [4.78, 5) is 51.8. The number of carboxylic acids is 1. The molecule has 0 aromatic rings. The third-order valence-electron chi connectivity index (χ3n) is 5.91. The molecule has 1 aliphatic heterocycles. The number of hydrogen-bond acceptors (Lipinski definition) is 6. The van der Waals surface area contributed by atoms with E-state index < -0.39 is 42.0 Å². The maximum atomic E-state index is 13.2. The van der Waals surface area contributed by atoms with E-state index in [1.54, 1.807) is 11.8 Å². The third-order valence-corrected chi connectivity index (χ3v) is 6.55. The van der Waals surface area contributed by atoms with Gasteiger partial charge in [0.2, 0.25) is 17.7 Å². The quantitative estimate of drug-likeness (QED) is 0.315. The Morgan fingerprint density at radius 2 is 1.81 bits per heavy atom. The molecule has 1 fully saturated rings. The summed E-state index contributed by atoms with van der Waals surface area (Å²) in [5.41, 5.74) is 5.96. The molecule has 1 aliphatic rings. The predicted octanol–water partition coefficient (Wildman–Crippen LogP) is 1.20. The van der Waals surface area contributed by atoms with Crippen molar-refractivity contribution in [1.29, 1.82) is 0 Å². The molecule has 9 nitrogen and oxygen atoms in total. The van der Waals surface area contributed by atoms with Crippen LogP contribution in [0, 0.1) is 11.8 Å². The first kappa shape index (κ1) is 28.2. The Labute approximate surface area is 195 Å². The molecule has 0 aliphatic carbocycles. The Balaban J connectivity index is 2.99. The minimum Gasteiger partial charge on any atom is -0.480 e. The molecule has 0 bridgehead atoms. The molecule has 5 N–H and O–H groups in total. The van der Waals surface area contributed by atoms with Crippen LogP contribution in [0.4, 0.5) is 0 Å². The summed E-state index contributed by atoms with van der Waals surface area (Å²) in [7, 11) is 0. The number of carboxylic acid groups (broad SMARTS) is 1. The van der Waals surface area contributed by atoms with Gasteiger partial charge in [-0.2, -0.15) is 11.8 Å². The van der Waals surface area contributed by atoms with Crippen molar-refractivity contribution in [3.63, 3.8) is 0 Å². The summed E-state index contributed by atoms with van der Waals surface area (Å²) in [6, 6.07) is -3.26. The van der Waals surface area contributed by atoms with Gasteiger partial charge in [0.15, 0.2) is 0 Å². The molecule has 1 rings (SSSR count). The van der Waals surface area contributed by atoms with E-state index in [-0.39, 0.29) is 17.7 Å². The van der Waals surface area contributed by atoms with Crippen LogP contribution in [0.2, 0.25) is 0 Å². The molecule has 5 unspecified atom stereocenters. The highest BCUT2D eigenvalue weighted by Crippen LogP contribution is 2.21. The molecule has 184 valence electrons. The average Bonchev–Trinajstić information content (AvgIpc) is 3.23. The Kier molecular flexibility index (Phi) is 12.1. The zero-order chi connectivity index (χ0) is 24.4. The fourth-order valence-corrected chi connectivity index (χ4v) is 4.27. The van der Waals surface area contributed by atoms with Crippen molar-refractivity contribution in [2.24, 2.45) is 17.6 Å². The van der Waals surface area contributed by atoms with Crippen LogP contribution in [-0.2, 0) is 19.2 Å². The van der Waals surface area contributed by atoms with Crippen LogP contribution in [0.3, 0.4) is 0 Å². The second-order valence-corrected chi connectivity index (χ2v) is 9.96. The number of thioether (sulfide) groups is 1. The average molecular weight is 473 g/mol. The molecular formula is C22H40N4O5S. The molecule has 0 radical (unpaired) electrons. The van der Waals surface area contributed by atoms with Crippen LogP contribution in [0.15, 0.2) is 0 Å². The van der Waals surface area contributed by atoms with Gasteiger partial charge in [0, 0.05) is 6.54 Å². The van der Waals surface area contributed by atoms with E-state index >= 15 is 0 Å². The minimum atomic E-state index is -1.03. The Hall–Kier alpha value is -1.81. The number of carbonyl (C=O) groups is 4. The van der Waals surface area contributed by atoms with Crippen molar-refractivity contribution < 1.29 is 24.3 Å². The fraction of sp³-hybridized carbons (Fsp3) is 0.818. The van der Waals surface area contributed by atoms with E-state index in [1.807, 2.05) is 34.0 Å². The summed E-state index contributed by atoms with van der Waals surface area (Å²) < 4.78 is 0. The number of nitrogens with two attached hydrogens (primary N) is 1. The van der Waals surface area contributed by atoms with Crippen molar-refractivity contribution in [2.45, 2.75) is 84.0 Å². The highest BCUT2D eigenvalue weighted by molar-refractivity contribution is 7.98. The van der Waals surface area contributed by atoms with Crippen molar-refractivity contribution >= 4 is 35.5 Å². The van der Waals surface area contributed by atoms with Crippen LogP contribution in [0.5, 0.6) is 0 Å². The summed E-state index contributed by atoms with van der Waals surface area (Å²) in [5.74, 6) is -1.59. The second kappa shape index (κ2) is 13.7. The van der Waals surface area contributed by atoms with Gasteiger partial charge >= 0.3 is 5.97 Å². The van der Waals surface area contributed by atoms with Crippen LogP contribution >= 0.6 is 11.8 Å². The molecule has 10 heteroatoms. The van der Waals surface area contributed by atoms with Gasteiger partial charge in [0.25, 0.3) is 0 Å². The third kappa shape index (κ3) is 8.27. The van der Waals surface area contributed by atoms with Crippen molar-refractivity contribution in [3.05, 3.63) is 0 Å². The summed E-state index contributed by atoms with van der Waals surface area (Å²) in [6.07, 6.45) is 4.48. The highest BCUT2D eigenvalue weighted by Gasteiger charge is 2.39. The van der Waals surface area contributed by atoms with Crippen LogP contribution in [0.1, 0.15) is 59.8 Å². The van der Waals surface area contributed by atoms with Crippen LogP contribution < -0.4 is 16.4 Å². The number of hydrogen-bond donors (Lipinski definition) is 4. The molecular weight excluding hydrogens is 432 g/mol. The Bertz CT molecular complexity index is 660. The van der Waals surface area contributed by atoms with Gasteiger partial charge in [0.1, 0.15) is 18.1 Å². The maximum absolute atomic E-state index is 13.2. The number of amides is 3. The zero-order valence-corrected chi connectivity index (χ0v) is 20.7. The molecule has 1 saturated heterocycles. The van der Waals surface area contributed by atoms with Crippen molar-refractivity contribution in [2.75, 3.05) is 18.6 Å². The van der Waals surface area contributed by atoms with E-state index in [2.05, 4.69) is 10.6 Å². The number of rotatable bonds is 13. The van der Waals surface area contributed by atoms with E-state index in [0.29, 0.717) is 38.6 Å². The topological polar surface area (TPSA) is 142 Å². The normalized spacial score (nSPS) is 19.8. The number of nitrogens with zero attached hydrogens (tertiary/aromatic N) is 1. The first-order chi connectivity index (χ1) is 15.0. The standard InChI is InChI=1S/C22H40N4O5S/c1-6-14(4)18(25-19(27)15(23)9-11-32-5)20(28)24-16(12-13(2)3)21(29)26-10-7-8-17(26)22(30)31/h13-18H,6-12,23H2,1-5H3,(H,24,28)(H,25,27)(H,30,31). The van der Waals surface area contributed by atoms with Gasteiger partial charge < -0.3 is 26.4 Å². The predicted molar refractivity (Wildman–Crippen MR) is 126 cm³/mol. The van der Waals surface area contributed by atoms with Gasteiger partial charge in [0.05, 0.1) is 6.04 Å². The lowest BCUT2D eigenvalue weighted by Crippen LogP contribution is -2.58. The smallest absolute Gasteiger partial charge is 0.326 e. The molecule has 1 heterocycles. The van der Waals surface area contributed by atoms with Crippen molar-refractivity contribution in [1.82, 2.24) is 15.5 Å². The molecule has 0 aromatic carbocycles. The van der Waals surface area contributed by atoms with Gasteiger partial charge in [-0.05, 0) is 49.5 Å². The lowest BCUT2D eigenvalue weighted by atomic mass is 9.96. The van der Waals surface area contributed by atoms with Gasteiger partial charge in [-0.1, -0.05) is 34.1 Å². The molecule has 3 amide bonds. The Morgan fingerprint density at radius 3 is 2.34 bits per heavy atom. The van der Waals surface area contributed by atoms with Gasteiger partial charge in [-0.3, -0.25) is 14.4 Å². The maximum Gasteiger partial charge on any atom is 0.326 e. The number of likely N-dealkylation sites (tertiary alicyclic amines) is 1. The first-order valence-electron chi connectivity index (χ1n) is 11.4. The van der Waals surface area contributed by atoms with Gasteiger partial charge in [-0.15, -0.1) is 0 Å². The summed E-state index contributed by atoms with van der Waals surface area (Å²) >= 11 is 1.59. The van der Waals surface area contributed by atoms with E-state index in [1.165, 1.54) is 4.90 Å². The monoisotopic (exact) mass is 472 g/mol. The SMILES string of the molecule is CCC(C)C(NC(=O)C(N)CCSC)C(=O)NC(CC(C)C)C(=O)N1CCCC1C(=O)O. The second-order valence-electron chi connectivity index (χ2n) is 8.98. The minimum absolute atomic E-state index is 0.103. The van der Waals surface area contributed by atoms with Crippen LogP contribution in [0.25, 0.3) is 0 Å². The summed E-state index contributed by atoms with van der Waals surface area (Å²) in [6.45, 7) is 8.00. The molecule has 0 spiro atoms. The first-order valence-corrected chi connectivity index (χ1v) is 12.8. The summed E-state index contributed by atoms with van der Waals surface area (Å²) in [5, 5.41) is 15.0.